The summed E-state index contributed by atoms with van der Waals surface area (Å²) in [7, 11) is 1.71. The SMILES string of the molecule is COCCC1(CNC(=O)C(C)(C)CN)CC1. The highest BCUT2D eigenvalue weighted by atomic mass is 16.5. The number of amides is 1. The van der Waals surface area contributed by atoms with E-state index in [9.17, 15) is 4.79 Å². The summed E-state index contributed by atoms with van der Waals surface area (Å²) in [4.78, 5) is 11.8. The highest BCUT2D eigenvalue weighted by Gasteiger charge is 2.42. The van der Waals surface area contributed by atoms with Crippen molar-refractivity contribution in [3.63, 3.8) is 0 Å². The normalized spacial score (nSPS) is 18.2. The van der Waals surface area contributed by atoms with Crippen LogP contribution in [0.5, 0.6) is 0 Å². The van der Waals surface area contributed by atoms with Crippen molar-refractivity contribution in [1.82, 2.24) is 5.32 Å². The van der Waals surface area contributed by atoms with Crippen molar-refractivity contribution < 1.29 is 9.53 Å². The number of hydrogen-bond donors (Lipinski definition) is 2. The molecular formula is C12H24N2O2. The molecule has 0 bridgehead atoms. The standard InChI is InChI=1S/C12H24N2O2/c1-11(2,8-13)10(15)14-9-12(4-5-12)6-7-16-3/h4-9,13H2,1-3H3,(H,14,15). The summed E-state index contributed by atoms with van der Waals surface area (Å²) in [6.07, 6.45) is 3.42. The zero-order valence-electron chi connectivity index (χ0n) is 10.6. The summed E-state index contributed by atoms with van der Waals surface area (Å²) in [6.45, 7) is 5.66. The van der Waals surface area contributed by atoms with Gasteiger partial charge in [0, 0.05) is 26.8 Å². The lowest BCUT2D eigenvalue weighted by Gasteiger charge is -2.23. The molecule has 1 rings (SSSR count). The molecule has 0 atom stereocenters. The van der Waals surface area contributed by atoms with Crippen LogP contribution in [0.2, 0.25) is 0 Å². The zero-order chi connectivity index (χ0) is 12.2. The molecule has 4 nitrogen and oxygen atoms in total. The molecule has 1 saturated carbocycles. The molecule has 1 amide bonds. The molecule has 4 heteroatoms. The van der Waals surface area contributed by atoms with E-state index in [1.807, 2.05) is 13.8 Å². The van der Waals surface area contributed by atoms with Crippen molar-refractivity contribution >= 4 is 5.91 Å². The molecular weight excluding hydrogens is 204 g/mol. The van der Waals surface area contributed by atoms with Crippen LogP contribution in [0.1, 0.15) is 33.1 Å². The number of methoxy groups -OCH3 is 1. The monoisotopic (exact) mass is 228 g/mol. The van der Waals surface area contributed by atoms with Crippen molar-refractivity contribution in [2.75, 3.05) is 26.8 Å². The fourth-order valence-electron chi connectivity index (χ4n) is 1.61. The van der Waals surface area contributed by atoms with Gasteiger partial charge in [0.25, 0.3) is 0 Å². The molecule has 0 aromatic carbocycles. The maximum atomic E-state index is 11.8. The number of ether oxygens (including phenoxy) is 1. The van der Waals surface area contributed by atoms with E-state index in [1.165, 1.54) is 12.8 Å². The Labute approximate surface area is 97.9 Å². The van der Waals surface area contributed by atoms with Gasteiger partial charge >= 0.3 is 0 Å². The van der Waals surface area contributed by atoms with Crippen LogP contribution in [0.4, 0.5) is 0 Å². The first kappa shape index (κ1) is 13.5. The van der Waals surface area contributed by atoms with Crippen LogP contribution in [0.15, 0.2) is 0 Å². The van der Waals surface area contributed by atoms with Gasteiger partial charge in [0.15, 0.2) is 0 Å². The molecule has 0 spiro atoms. The van der Waals surface area contributed by atoms with E-state index < -0.39 is 5.41 Å². The van der Waals surface area contributed by atoms with Crippen LogP contribution in [0.25, 0.3) is 0 Å². The number of nitrogens with one attached hydrogen (secondary N) is 1. The summed E-state index contributed by atoms with van der Waals surface area (Å²) in [6, 6.07) is 0. The molecule has 0 unspecified atom stereocenters. The van der Waals surface area contributed by atoms with E-state index in [0.717, 1.165) is 19.6 Å². The lowest BCUT2D eigenvalue weighted by atomic mass is 9.92. The van der Waals surface area contributed by atoms with Gasteiger partial charge in [-0.15, -0.1) is 0 Å². The number of nitrogens with two attached hydrogens (primary N) is 1. The van der Waals surface area contributed by atoms with Crippen molar-refractivity contribution in [3.8, 4) is 0 Å². The van der Waals surface area contributed by atoms with Crippen molar-refractivity contribution in [2.45, 2.75) is 33.1 Å². The second-order valence-electron chi connectivity index (χ2n) is 5.51. The Balaban J connectivity index is 2.32. The Hall–Kier alpha value is -0.610. The Kier molecular flexibility index (Phi) is 4.33. The third-order valence-corrected chi connectivity index (χ3v) is 3.54. The van der Waals surface area contributed by atoms with Gasteiger partial charge in [0.1, 0.15) is 0 Å². The van der Waals surface area contributed by atoms with Crippen LogP contribution in [0.3, 0.4) is 0 Å². The minimum absolute atomic E-state index is 0.0543. The smallest absolute Gasteiger partial charge is 0.226 e. The molecule has 0 aromatic heterocycles. The van der Waals surface area contributed by atoms with Crippen LogP contribution >= 0.6 is 0 Å². The number of carbonyl (C=O) groups excluding carboxylic acids is 1. The average Bonchev–Trinajstić information content (AvgIpc) is 3.04. The Morgan fingerprint density at radius 2 is 2.12 bits per heavy atom. The van der Waals surface area contributed by atoms with Gasteiger partial charge in [-0.2, -0.15) is 0 Å². The summed E-state index contributed by atoms with van der Waals surface area (Å²) in [5, 5.41) is 3.01. The molecule has 0 heterocycles. The molecule has 0 radical (unpaired) electrons. The van der Waals surface area contributed by atoms with Crippen LogP contribution in [-0.2, 0) is 9.53 Å². The van der Waals surface area contributed by atoms with Gasteiger partial charge in [-0.25, -0.2) is 0 Å². The second-order valence-corrected chi connectivity index (χ2v) is 5.51. The maximum absolute atomic E-state index is 11.8. The topological polar surface area (TPSA) is 64.3 Å². The molecule has 94 valence electrons. The third-order valence-electron chi connectivity index (χ3n) is 3.54. The summed E-state index contributed by atoms with van der Waals surface area (Å²) in [5.41, 5.74) is 5.40. The Morgan fingerprint density at radius 3 is 2.56 bits per heavy atom. The molecule has 0 saturated heterocycles. The van der Waals surface area contributed by atoms with Gasteiger partial charge in [-0.3, -0.25) is 4.79 Å². The molecule has 16 heavy (non-hydrogen) atoms. The minimum atomic E-state index is -0.461. The van der Waals surface area contributed by atoms with E-state index in [4.69, 9.17) is 10.5 Å². The summed E-state index contributed by atoms with van der Waals surface area (Å²) >= 11 is 0. The molecule has 0 aliphatic heterocycles. The van der Waals surface area contributed by atoms with E-state index >= 15 is 0 Å². The fourth-order valence-corrected chi connectivity index (χ4v) is 1.61. The highest BCUT2D eigenvalue weighted by molar-refractivity contribution is 5.82. The average molecular weight is 228 g/mol. The van der Waals surface area contributed by atoms with Crippen molar-refractivity contribution in [1.29, 1.82) is 0 Å². The Bertz CT molecular complexity index is 247. The predicted octanol–water partition coefficient (Wildman–Crippen LogP) is 0.904. The van der Waals surface area contributed by atoms with E-state index in [0.29, 0.717) is 12.0 Å². The van der Waals surface area contributed by atoms with Crippen molar-refractivity contribution in [2.24, 2.45) is 16.6 Å². The van der Waals surface area contributed by atoms with E-state index in [-0.39, 0.29) is 5.91 Å². The third kappa shape index (κ3) is 3.46. The molecule has 1 aliphatic rings. The van der Waals surface area contributed by atoms with E-state index in [1.54, 1.807) is 7.11 Å². The van der Waals surface area contributed by atoms with Crippen molar-refractivity contribution in [3.05, 3.63) is 0 Å². The first-order valence-corrected chi connectivity index (χ1v) is 5.93. The van der Waals surface area contributed by atoms with Gasteiger partial charge in [0.05, 0.1) is 5.41 Å². The van der Waals surface area contributed by atoms with Crippen LogP contribution in [-0.4, -0.2) is 32.7 Å². The lowest BCUT2D eigenvalue weighted by molar-refractivity contribution is -0.129. The number of carbonyl (C=O) groups is 1. The van der Waals surface area contributed by atoms with Crippen LogP contribution in [0, 0.1) is 10.8 Å². The van der Waals surface area contributed by atoms with Gasteiger partial charge in [-0.05, 0) is 38.5 Å². The molecule has 0 aromatic rings. The fraction of sp³-hybridized carbons (Fsp3) is 0.917. The molecule has 3 N–H and O–H groups in total. The summed E-state index contributed by atoms with van der Waals surface area (Å²) < 4.78 is 5.08. The first-order valence-electron chi connectivity index (χ1n) is 5.93. The van der Waals surface area contributed by atoms with E-state index in [2.05, 4.69) is 5.32 Å². The van der Waals surface area contributed by atoms with Gasteiger partial charge < -0.3 is 15.8 Å². The second kappa shape index (κ2) is 5.15. The predicted molar refractivity (Wildman–Crippen MR) is 64.0 cm³/mol. The largest absolute Gasteiger partial charge is 0.385 e. The minimum Gasteiger partial charge on any atom is -0.385 e. The molecule has 1 aliphatic carbocycles. The summed E-state index contributed by atoms with van der Waals surface area (Å²) in [5.74, 6) is 0.0543. The van der Waals surface area contributed by atoms with Gasteiger partial charge in [0.2, 0.25) is 5.91 Å². The zero-order valence-corrected chi connectivity index (χ0v) is 10.6. The first-order chi connectivity index (χ1) is 7.46. The Morgan fingerprint density at radius 1 is 1.50 bits per heavy atom. The van der Waals surface area contributed by atoms with Gasteiger partial charge in [-0.1, -0.05) is 0 Å². The number of rotatable bonds is 7. The lowest BCUT2D eigenvalue weighted by Crippen LogP contribution is -2.43. The molecule has 1 fully saturated rings. The van der Waals surface area contributed by atoms with Crippen LogP contribution < -0.4 is 11.1 Å². The highest BCUT2D eigenvalue weighted by Crippen LogP contribution is 2.48. The maximum Gasteiger partial charge on any atom is 0.226 e. The number of hydrogen-bond acceptors (Lipinski definition) is 3. The quantitative estimate of drug-likeness (QED) is 0.680.